The maximum atomic E-state index is 13.1. The third-order valence-corrected chi connectivity index (χ3v) is 6.29. The summed E-state index contributed by atoms with van der Waals surface area (Å²) in [5.41, 5.74) is 4.04. The Labute approximate surface area is 174 Å². The molecule has 1 aliphatic heterocycles. The minimum Gasteiger partial charge on any atom is -0.457 e. The Kier molecular flexibility index (Phi) is 7.47. The molecule has 1 heterocycles. The van der Waals surface area contributed by atoms with E-state index in [1.54, 1.807) is 19.9 Å². The van der Waals surface area contributed by atoms with Gasteiger partial charge >= 0.3 is 5.97 Å². The van der Waals surface area contributed by atoms with Crippen molar-refractivity contribution in [2.75, 3.05) is 0 Å². The first kappa shape index (κ1) is 22.9. The number of rotatable bonds is 5. The SMILES string of the molecule is C/C=C(\C=C(/C)F)S(=O)/C=C(\C)C1CC(=O)C(c2c(C)cc(C)cc2C)C(=O)O1. The highest BCUT2D eigenvalue weighted by Gasteiger charge is 2.40. The van der Waals surface area contributed by atoms with Crippen molar-refractivity contribution >= 4 is 22.6 Å². The molecule has 3 unspecified atom stereocenters. The predicted molar refractivity (Wildman–Crippen MR) is 113 cm³/mol. The highest BCUT2D eigenvalue weighted by molar-refractivity contribution is 7.92. The van der Waals surface area contributed by atoms with Gasteiger partial charge in [0, 0.05) is 16.7 Å². The van der Waals surface area contributed by atoms with Crippen LogP contribution in [0, 0.1) is 20.8 Å². The Bertz CT molecular complexity index is 911. The van der Waals surface area contributed by atoms with E-state index in [2.05, 4.69) is 0 Å². The number of aryl methyl sites for hydroxylation is 3. The van der Waals surface area contributed by atoms with Crippen LogP contribution in [0.5, 0.6) is 0 Å². The molecule has 1 fully saturated rings. The van der Waals surface area contributed by atoms with Crippen LogP contribution in [0.3, 0.4) is 0 Å². The lowest BCUT2D eigenvalue weighted by molar-refractivity contribution is -0.158. The highest BCUT2D eigenvalue weighted by Crippen LogP contribution is 2.33. The molecular formula is C23H27FO4S. The van der Waals surface area contributed by atoms with Crippen LogP contribution in [0.4, 0.5) is 4.39 Å². The monoisotopic (exact) mass is 418 g/mol. The summed E-state index contributed by atoms with van der Waals surface area (Å²) in [5.74, 6) is -2.20. The van der Waals surface area contributed by atoms with Crippen molar-refractivity contribution in [2.45, 2.75) is 60.0 Å². The molecule has 1 aromatic rings. The number of hydrogen-bond donors (Lipinski definition) is 0. The van der Waals surface area contributed by atoms with E-state index in [1.165, 1.54) is 18.4 Å². The number of cyclic esters (lactones) is 1. The molecule has 1 aliphatic rings. The van der Waals surface area contributed by atoms with E-state index in [9.17, 15) is 18.2 Å². The molecule has 29 heavy (non-hydrogen) atoms. The molecule has 0 aromatic heterocycles. The molecule has 3 atom stereocenters. The molecule has 0 saturated carbocycles. The van der Waals surface area contributed by atoms with E-state index in [4.69, 9.17) is 4.74 Å². The van der Waals surface area contributed by atoms with Gasteiger partial charge in [-0.1, -0.05) is 23.8 Å². The van der Waals surface area contributed by atoms with E-state index in [0.29, 0.717) is 16.0 Å². The topological polar surface area (TPSA) is 60.4 Å². The van der Waals surface area contributed by atoms with Crippen LogP contribution in [-0.4, -0.2) is 22.1 Å². The van der Waals surface area contributed by atoms with Gasteiger partial charge in [-0.3, -0.25) is 9.59 Å². The van der Waals surface area contributed by atoms with E-state index >= 15 is 0 Å². The zero-order valence-corrected chi connectivity index (χ0v) is 18.5. The van der Waals surface area contributed by atoms with Gasteiger partial charge in [-0.25, -0.2) is 8.60 Å². The first-order valence-electron chi connectivity index (χ1n) is 9.45. The summed E-state index contributed by atoms with van der Waals surface area (Å²) in [6.07, 6.45) is 2.00. The quantitative estimate of drug-likeness (QED) is 0.383. The van der Waals surface area contributed by atoms with Crippen molar-refractivity contribution in [3.8, 4) is 0 Å². The molecule has 1 saturated heterocycles. The zero-order valence-electron chi connectivity index (χ0n) is 17.7. The molecule has 0 spiro atoms. The number of halogens is 1. The van der Waals surface area contributed by atoms with Crippen LogP contribution in [-0.2, 0) is 25.1 Å². The largest absolute Gasteiger partial charge is 0.457 e. The maximum Gasteiger partial charge on any atom is 0.321 e. The van der Waals surface area contributed by atoms with Crippen LogP contribution < -0.4 is 0 Å². The summed E-state index contributed by atoms with van der Waals surface area (Å²) in [5, 5.41) is 1.41. The lowest BCUT2D eigenvalue weighted by atomic mass is 9.83. The summed E-state index contributed by atoms with van der Waals surface area (Å²) in [4.78, 5) is 25.9. The predicted octanol–water partition coefficient (Wildman–Crippen LogP) is 5.01. The minimum absolute atomic E-state index is 0.0197. The number of allylic oxidation sites excluding steroid dienone is 3. The number of carbonyl (C=O) groups is 2. The molecule has 2 rings (SSSR count). The fourth-order valence-corrected chi connectivity index (χ4v) is 4.76. The molecule has 0 bridgehead atoms. The molecular weight excluding hydrogens is 391 g/mol. The fourth-order valence-electron chi connectivity index (χ4n) is 3.63. The van der Waals surface area contributed by atoms with Crippen molar-refractivity contribution in [3.63, 3.8) is 0 Å². The molecule has 0 aliphatic carbocycles. The Morgan fingerprint density at radius 2 is 1.76 bits per heavy atom. The lowest BCUT2D eigenvalue weighted by Crippen LogP contribution is -2.38. The zero-order chi connectivity index (χ0) is 21.9. The van der Waals surface area contributed by atoms with E-state index in [-0.39, 0.29) is 12.2 Å². The van der Waals surface area contributed by atoms with Gasteiger partial charge in [0.1, 0.15) is 12.0 Å². The number of carbonyl (C=O) groups excluding carboxylic acids is 2. The number of esters is 1. The van der Waals surface area contributed by atoms with Gasteiger partial charge in [0.25, 0.3) is 0 Å². The molecule has 156 valence electrons. The summed E-state index contributed by atoms with van der Waals surface area (Å²) in [6.45, 7) is 10.3. The van der Waals surface area contributed by atoms with Crippen LogP contribution in [0.15, 0.2) is 46.0 Å². The van der Waals surface area contributed by atoms with Gasteiger partial charge in [-0.05, 0) is 69.9 Å². The number of ketones is 1. The number of hydrogen-bond acceptors (Lipinski definition) is 4. The van der Waals surface area contributed by atoms with Gasteiger partial charge in [0.05, 0.1) is 16.6 Å². The standard InChI is InChI=1S/C23H27FO4S/c1-7-18(10-17(6)24)29(27)12-16(5)20-11-19(25)22(23(26)28-20)21-14(3)8-13(2)9-15(21)4/h7-10,12,20,22H,11H2,1-6H3/b16-12+,17-10+,18-7+. The average Bonchev–Trinajstić information content (AvgIpc) is 2.60. The molecule has 6 heteroatoms. The van der Waals surface area contributed by atoms with Gasteiger partial charge in [-0.2, -0.15) is 0 Å². The third kappa shape index (κ3) is 5.38. The summed E-state index contributed by atoms with van der Waals surface area (Å²) in [7, 11) is -1.61. The van der Waals surface area contributed by atoms with Crippen molar-refractivity contribution in [1.82, 2.24) is 0 Å². The summed E-state index contributed by atoms with van der Waals surface area (Å²) < 4.78 is 31.2. The number of ether oxygens (including phenoxy) is 1. The maximum absolute atomic E-state index is 13.1. The van der Waals surface area contributed by atoms with Crippen LogP contribution in [0.25, 0.3) is 0 Å². The first-order valence-corrected chi connectivity index (χ1v) is 10.7. The van der Waals surface area contributed by atoms with Crippen LogP contribution in [0.2, 0.25) is 0 Å². The Morgan fingerprint density at radius 3 is 2.24 bits per heavy atom. The molecule has 0 N–H and O–H groups in total. The second kappa shape index (κ2) is 9.44. The van der Waals surface area contributed by atoms with Crippen molar-refractivity contribution < 1.29 is 22.9 Å². The Balaban J connectivity index is 2.26. The first-order chi connectivity index (χ1) is 13.5. The van der Waals surface area contributed by atoms with Crippen LogP contribution >= 0.6 is 0 Å². The fraction of sp³-hybridized carbons (Fsp3) is 0.391. The van der Waals surface area contributed by atoms with Gasteiger partial charge in [-0.15, -0.1) is 0 Å². The average molecular weight is 419 g/mol. The highest BCUT2D eigenvalue weighted by atomic mass is 32.2. The minimum atomic E-state index is -1.61. The molecule has 0 radical (unpaired) electrons. The van der Waals surface area contributed by atoms with E-state index in [0.717, 1.165) is 16.7 Å². The van der Waals surface area contributed by atoms with Crippen molar-refractivity contribution in [1.29, 1.82) is 0 Å². The van der Waals surface area contributed by atoms with Gasteiger partial charge < -0.3 is 4.74 Å². The molecule has 0 amide bonds. The second-order valence-electron chi connectivity index (χ2n) is 7.42. The Morgan fingerprint density at radius 1 is 1.17 bits per heavy atom. The van der Waals surface area contributed by atoms with Crippen molar-refractivity contribution in [3.05, 3.63) is 68.3 Å². The lowest BCUT2D eigenvalue weighted by Gasteiger charge is -2.29. The van der Waals surface area contributed by atoms with E-state index in [1.807, 2.05) is 32.9 Å². The normalized spacial score (nSPS) is 22.5. The molecule has 1 aromatic carbocycles. The summed E-state index contributed by atoms with van der Waals surface area (Å²) >= 11 is 0. The number of Topliss-reactive ketones (excluding diaryl/α,β-unsaturated/α-hetero) is 1. The van der Waals surface area contributed by atoms with Gasteiger partial charge in [0.15, 0.2) is 5.78 Å². The van der Waals surface area contributed by atoms with Crippen molar-refractivity contribution in [2.24, 2.45) is 0 Å². The second-order valence-corrected chi connectivity index (χ2v) is 8.72. The number of benzene rings is 1. The third-order valence-electron chi connectivity index (χ3n) is 4.89. The smallest absolute Gasteiger partial charge is 0.321 e. The Hall–Kier alpha value is -2.34. The molecule has 4 nitrogen and oxygen atoms in total. The summed E-state index contributed by atoms with van der Waals surface area (Å²) in [6, 6.07) is 3.89. The van der Waals surface area contributed by atoms with E-state index < -0.39 is 34.6 Å². The van der Waals surface area contributed by atoms with Crippen LogP contribution in [0.1, 0.15) is 55.4 Å². The van der Waals surface area contributed by atoms with Gasteiger partial charge in [0.2, 0.25) is 0 Å².